The molecule has 126 valence electrons. The number of halogens is 1. The van der Waals surface area contributed by atoms with Crippen LogP contribution in [0.4, 0.5) is 0 Å². The van der Waals surface area contributed by atoms with Gasteiger partial charge in [0.15, 0.2) is 0 Å². The third kappa shape index (κ3) is 3.44. The van der Waals surface area contributed by atoms with Crippen molar-refractivity contribution in [1.82, 2.24) is 14.9 Å². The molecule has 0 amide bonds. The second kappa shape index (κ2) is 7.11. The largest absolute Gasteiger partial charge is 0.360 e. The van der Waals surface area contributed by atoms with Crippen molar-refractivity contribution in [3.8, 4) is 0 Å². The summed E-state index contributed by atoms with van der Waals surface area (Å²) in [4.78, 5) is 11.1. The SMILES string of the molecule is COP(=O)(OC)C(c1cc2ncncc2s1)N1CCOC(Cl)C1. The first kappa shape index (κ1) is 17.2. The summed E-state index contributed by atoms with van der Waals surface area (Å²) in [7, 11) is -0.606. The molecular weight excluding hydrogens is 361 g/mol. The number of nitrogens with zero attached hydrogens (tertiary/aromatic N) is 3. The molecule has 0 bridgehead atoms. The van der Waals surface area contributed by atoms with Crippen LogP contribution >= 0.6 is 30.5 Å². The molecule has 3 rings (SSSR count). The fraction of sp³-hybridized carbons (Fsp3) is 0.538. The lowest BCUT2D eigenvalue weighted by Crippen LogP contribution is -2.42. The van der Waals surface area contributed by atoms with Crippen molar-refractivity contribution in [2.24, 2.45) is 0 Å². The number of alkyl halides is 1. The number of aromatic nitrogens is 2. The molecule has 1 saturated heterocycles. The maximum atomic E-state index is 13.1. The molecule has 10 heteroatoms. The Morgan fingerprint density at radius 1 is 1.52 bits per heavy atom. The molecule has 0 N–H and O–H groups in total. The van der Waals surface area contributed by atoms with E-state index in [2.05, 4.69) is 9.97 Å². The van der Waals surface area contributed by atoms with Crippen LogP contribution < -0.4 is 0 Å². The van der Waals surface area contributed by atoms with Crippen LogP contribution in [0.3, 0.4) is 0 Å². The molecule has 1 aliphatic rings. The highest BCUT2D eigenvalue weighted by molar-refractivity contribution is 7.54. The molecule has 2 aromatic heterocycles. The highest BCUT2D eigenvalue weighted by atomic mass is 35.5. The van der Waals surface area contributed by atoms with Crippen LogP contribution in [0.15, 0.2) is 18.6 Å². The molecule has 0 saturated carbocycles. The Bertz CT molecular complexity index is 689. The minimum atomic E-state index is -3.39. The Balaban J connectivity index is 2.05. The topological polar surface area (TPSA) is 73.8 Å². The minimum Gasteiger partial charge on any atom is -0.360 e. The van der Waals surface area contributed by atoms with Crippen LogP contribution in [0.5, 0.6) is 0 Å². The monoisotopic (exact) mass is 377 g/mol. The van der Waals surface area contributed by atoms with Crippen molar-refractivity contribution >= 4 is 40.8 Å². The molecule has 3 heterocycles. The number of thiophene rings is 1. The molecule has 7 nitrogen and oxygen atoms in total. The molecule has 0 aromatic carbocycles. The summed E-state index contributed by atoms with van der Waals surface area (Å²) >= 11 is 7.58. The number of fused-ring (bicyclic) bond motifs is 1. The van der Waals surface area contributed by atoms with E-state index in [0.717, 1.165) is 15.1 Å². The first-order chi connectivity index (χ1) is 11.1. The molecule has 0 radical (unpaired) electrons. The van der Waals surface area contributed by atoms with Crippen molar-refractivity contribution in [3.05, 3.63) is 23.5 Å². The van der Waals surface area contributed by atoms with Gasteiger partial charge in [0.05, 0.1) is 16.8 Å². The van der Waals surface area contributed by atoms with Gasteiger partial charge in [-0.3, -0.25) is 9.46 Å². The summed E-state index contributed by atoms with van der Waals surface area (Å²) in [5.41, 5.74) is 0.349. The van der Waals surface area contributed by atoms with Crippen LogP contribution in [-0.2, 0) is 18.3 Å². The number of hydrogen-bond donors (Lipinski definition) is 0. The maximum absolute atomic E-state index is 13.1. The summed E-state index contributed by atoms with van der Waals surface area (Å²) in [5.74, 6) is -0.554. The van der Waals surface area contributed by atoms with E-state index in [1.54, 1.807) is 6.20 Å². The Kier molecular flexibility index (Phi) is 5.32. The van der Waals surface area contributed by atoms with Gasteiger partial charge in [0, 0.05) is 38.4 Å². The first-order valence-corrected chi connectivity index (χ1v) is 9.84. The molecule has 2 aromatic rings. The Hall–Kier alpha value is -0.600. The Morgan fingerprint density at radius 2 is 2.30 bits per heavy atom. The normalized spacial score (nSPS) is 21.6. The fourth-order valence-electron chi connectivity index (χ4n) is 2.59. The van der Waals surface area contributed by atoms with E-state index in [1.165, 1.54) is 31.9 Å². The molecular formula is C13H17ClN3O4PS. The maximum Gasteiger partial charge on any atom is 0.352 e. The zero-order valence-electron chi connectivity index (χ0n) is 12.7. The second-order valence-electron chi connectivity index (χ2n) is 4.98. The van der Waals surface area contributed by atoms with Crippen molar-refractivity contribution in [3.63, 3.8) is 0 Å². The number of rotatable bonds is 5. The van der Waals surface area contributed by atoms with Gasteiger partial charge in [0.25, 0.3) is 0 Å². The molecule has 2 atom stereocenters. The van der Waals surface area contributed by atoms with Crippen LogP contribution in [0.25, 0.3) is 10.2 Å². The molecule has 1 fully saturated rings. The van der Waals surface area contributed by atoms with Gasteiger partial charge in [-0.25, -0.2) is 9.97 Å². The van der Waals surface area contributed by atoms with E-state index in [4.69, 9.17) is 25.4 Å². The van der Waals surface area contributed by atoms with E-state index >= 15 is 0 Å². The smallest absolute Gasteiger partial charge is 0.352 e. The van der Waals surface area contributed by atoms with E-state index in [9.17, 15) is 4.57 Å². The average Bonchev–Trinajstić information content (AvgIpc) is 2.98. The van der Waals surface area contributed by atoms with E-state index in [1.807, 2.05) is 11.0 Å². The number of morpholine rings is 1. The molecule has 1 aliphatic heterocycles. The third-order valence-corrected chi connectivity index (χ3v) is 7.45. The fourth-order valence-corrected chi connectivity index (χ4v) is 5.96. The summed E-state index contributed by atoms with van der Waals surface area (Å²) in [6, 6.07) is 1.90. The zero-order valence-corrected chi connectivity index (χ0v) is 15.2. The molecule has 2 unspecified atom stereocenters. The second-order valence-corrected chi connectivity index (χ2v) is 8.88. The molecule has 0 spiro atoms. The van der Waals surface area contributed by atoms with Gasteiger partial charge in [0.2, 0.25) is 0 Å². The summed E-state index contributed by atoms with van der Waals surface area (Å²) in [6.07, 6.45) is 3.23. The first-order valence-electron chi connectivity index (χ1n) is 6.98. The quantitative estimate of drug-likeness (QED) is 0.585. The lowest BCUT2D eigenvalue weighted by molar-refractivity contribution is 0.00363. The van der Waals surface area contributed by atoms with Crippen LogP contribution in [-0.4, -0.2) is 54.3 Å². The van der Waals surface area contributed by atoms with Crippen molar-refractivity contribution in [2.45, 2.75) is 11.3 Å². The lowest BCUT2D eigenvalue weighted by atomic mass is 10.3. The van der Waals surface area contributed by atoms with Crippen molar-refractivity contribution in [1.29, 1.82) is 0 Å². The lowest BCUT2D eigenvalue weighted by Gasteiger charge is -2.37. The zero-order chi connectivity index (χ0) is 16.4. The highest BCUT2D eigenvalue weighted by Crippen LogP contribution is 2.62. The van der Waals surface area contributed by atoms with E-state index < -0.39 is 18.9 Å². The van der Waals surface area contributed by atoms with Gasteiger partial charge in [-0.1, -0.05) is 11.6 Å². The van der Waals surface area contributed by atoms with Gasteiger partial charge >= 0.3 is 7.60 Å². The Labute approximate surface area is 143 Å². The standard InChI is InChI=1S/C13H17ClN3O4PS/c1-19-22(18,20-2)13(17-3-4-21-12(14)7-17)10-5-9-11(23-10)6-15-8-16-9/h5-6,8,12-13H,3-4,7H2,1-2H3. The van der Waals surface area contributed by atoms with Crippen molar-refractivity contribution in [2.75, 3.05) is 33.9 Å². The molecule has 23 heavy (non-hydrogen) atoms. The predicted octanol–water partition coefficient (Wildman–Crippen LogP) is 3.07. The summed E-state index contributed by atoms with van der Waals surface area (Å²) < 4.78 is 30.0. The highest BCUT2D eigenvalue weighted by Gasteiger charge is 2.42. The minimum absolute atomic E-state index is 0.433. The van der Waals surface area contributed by atoms with Gasteiger partial charge in [0.1, 0.15) is 17.7 Å². The predicted molar refractivity (Wildman–Crippen MR) is 88.9 cm³/mol. The number of ether oxygens (including phenoxy) is 1. The summed E-state index contributed by atoms with van der Waals surface area (Å²) in [5, 5.41) is 0. The van der Waals surface area contributed by atoms with Gasteiger partial charge in [-0.2, -0.15) is 0 Å². The third-order valence-electron chi connectivity index (χ3n) is 3.68. The number of hydrogen-bond acceptors (Lipinski definition) is 8. The van der Waals surface area contributed by atoms with Crippen LogP contribution in [0, 0.1) is 0 Å². The average molecular weight is 378 g/mol. The van der Waals surface area contributed by atoms with E-state index in [-0.39, 0.29) is 0 Å². The molecule has 0 aliphatic carbocycles. The Morgan fingerprint density at radius 3 is 2.96 bits per heavy atom. The summed E-state index contributed by atoms with van der Waals surface area (Å²) in [6.45, 7) is 1.48. The van der Waals surface area contributed by atoms with Gasteiger partial charge in [-0.15, -0.1) is 11.3 Å². The van der Waals surface area contributed by atoms with Gasteiger partial charge < -0.3 is 13.8 Å². The van der Waals surface area contributed by atoms with Crippen LogP contribution in [0.1, 0.15) is 10.7 Å². The van der Waals surface area contributed by atoms with Gasteiger partial charge in [-0.05, 0) is 6.07 Å². The van der Waals surface area contributed by atoms with E-state index in [0.29, 0.717) is 19.7 Å². The van der Waals surface area contributed by atoms with Crippen molar-refractivity contribution < 1.29 is 18.3 Å². The van der Waals surface area contributed by atoms with Crippen LogP contribution in [0.2, 0.25) is 0 Å².